The molecule has 0 unspecified atom stereocenters. The summed E-state index contributed by atoms with van der Waals surface area (Å²) in [5.74, 6) is 0. The van der Waals surface area contributed by atoms with Crippen LogP contribution in [0.5, 0.6) is 0 Å². The summed E-state index contributed by atoms with van der Waals surface area (Å²) in [5, 5.41) is 0.610. The van der Waals surface area contributed by atoms with Crippen molar-refractivity contribution in [3.63, 3.8) is 0 Å². The molecular formula is C20H20N2O3S. The first-order chi connectivity index (χ1) is 12.6. The molecule has 1 saturated heterocycles. The van der Waals surface area contributed by atoms with Crippen molar-refractivity contribution in [3.8, 4) is 5.69 Å². The van der Waals surface area contributed by atoms with Gasteiger partial charge in [0.05, 0.1) is 10.4 Å². The monoisotopic (exact) mass is 368 g/mol. The van der Waals surface area contributed by atoms with Gasteiger partial charge in [0.25, 0.3) is 0 Å². The van der Waals surface area contributed by atoms with Crippen molar-refractivity contribution in [2.24, 2.45) is 0 Å². The van der Waals surface area contributed by atoms with Crippen LogP contribution in [0.2, 0.25) is 0 Å². The lowest BCUT2D eigenvalue weighted by molar-refractivity contribution is 0.346. The number of fused-ring (bicyclic) bond motifs is 1. The summed E-state index contributed by atoms with van der Waals surface area (Å²) < 4.78 is 29.3. The van der Waals surface area contributed by atoms with E-state index in [-0.39, 0.29) is 5.43 Å². The summed E-state index contributed by atoms with van der Waals surface area (Å²) in [4.78, 5) is 12.4. The second-order valence-electron chi connectivity index (χ2n) is 6.53. The normalized spacial score (nSPS) is 16.0. The molecule has 1 aliphatic rings. The number of aromatic nitrogens is 1. The van der Waals surface area contributed by atoms with Crippen molar-refractivity contribution in [2.45, 2.75) is 24.2 Å². The van der Waals surface area contributed by atoms with E-state index < -0.39 is 10.0 Å². The molecule has 0 N–H and O–H groups in total. The molecule has 2 heterocycles. The van der Waals surface area contributed by atoms with Crippen LogP contribution in [0.15, 0.2) is 70.5 Å². The molecule has 1 aliphatic heterocycles. The van der Waals surface area contributed by atoms with Gasteiger partial charge in [-0.2, -0.15) is 4.31 Å². The van der Waals surface area contributed by atoms with Crippen molar-refractivity contribution >= 4 is 20.9 Å². The lowest BCUT2D eigenvalue weighted by atomic mass is 10.2. The Hall–Kier alpha value is -2.44. The molecular weight excluding hydrogens is 348 g/mol. The minimum absolute atomic E-state index is 0.0473. The molecule has 0 bridgehead atoms. The Morgan fingerprint density at radius 2 is 1.62 bits per heavy atom. The molecule has 134 valence electrons. The number of pyridine rings is 1. The van der Waals surface area contributed by atoms with Crippen LogP contribution in [0.3, 0.4) is 0 Å². The van der Waals surface area contributed by atoms with Crippen LogP contribution in [0, 0.1) is 0 Å². The van der Waals surface area contributed by atoms with Crippen molar-refractivity contribution in [3.05, 3.63) is 71.0 Å². The van der Waals surface area contributed by atoms with E-state index in [4.69, 9.17) is 0 Å². The van der Waals surface area contributed by atoms with Gasteiger partial charge in [-0.3, -0.25) is 4.79 Å². The molecule has 1 aromatic heterocycles. The number of para-hydroxylation sites is 1. The Bertz CT molecular complexity index is 1110. The van der Waals surface area contributed by atoms with Crippen molar-refractivity contribution < 1.29 is 8.42 Å². The second-order valence-corrected chi connectivity index (χ2v) is 8.47. The SMILES string of the molecule is O=c1ccn(-c2cccc(S(=O)(=O)N3CCCCC3)c2)c2ccccc12. The summed E-state index contributed by atoms with van der Waals surface area (Å²) >= 11 is 0. The third kappa shape index (κ3) is 2.95. The zero-order valence-electron chi connectivity index (χ0n) is 14.3. The van der Waals surface area contributed by atoms with Crippen LogP contribution in [0.1, 0.15) is 19.3 Å². The van der Waals surface area contributed by atoms with Gasteiger partial charge in [0.15, 0.2) is 5.43 Å². The maximum Gasteiger partial charge on any atom is 0.243 e. The van der Waals surface area contributed by atoms with E-state index in [0.29, 0.717) is 23.4 Å². The Balaban J connectivity index is 1.82. The average molecular weight is 368 g/mol. The van der Waals surface area contributed by atoms with E-state index in [1.54, 1.807) is 34.8 Å². The summed E-state index contributed by atoms with van der Waals surface area (Å²) in [6, 6.07) is 15.8. The van der Waals surface area contributed by atoms with Gasteiger partial charge in [-0.15, -0.1) is 0 Å². The number of hydrogen-bond acceptors (Lipinski definition) is 3. The largest absolute Gasteiger partial charge is 0.316 e. The van der Waals surface area contributed by atoms with E-state index >= 15 is 0 Å². The van der Waals surface area contributed by atoms with E-state index in [1.807, 2.05) is 28.8 Å². The standard InChI is InChI=1S/C20H20N2O3S/c23-20-11-14-22(19-10-3-2-9-18(19)20)16-7-6-8-17(15-16)26(24,25)21-12-4-1-5-13-21/h2-3,6-11,14-15H,1,4-5,12-13H2. The van der Waals surface area contributed by atoms with Gasteiger partial charge in [-0.05, 0) is 43.2 Å². The quantitative estimate of drug-likeness (QED) is 0.713. The molecule has 26 heavy (non-hydrogen) atoms. The predicted molar refractivity (Wildman–Crippen MR) is 102 cm³/mol. The molecule has 5 nitrogen and oxygen atoms in total. The van der Waals surface area contributed by atoms with Crippen molar-refractivity contribution in [1.82, 2.24) is 8.87 Å². The first kappa shape index (κ1) is 17.0. The minimum atomic E-state index is -3.50. The fourth-order valence-corrected chi connectivity index (χ4v) is 5.03. The summed E-state index contributed by atoms with van der Waals surface area (Å²) in [7, 11) is -3.50. The third-order valence-electron chi connectivity index (χ3n) is 4.85. The number of rotatable bonds is 3. The van der Waals surface area contributed by atoms with Gasteiger partial charge < -0.3 is 4.57 Å². The fraction of sp³-hybridized carbons (Fsp3) is 0.250. The minimum Gasteiger partial charge on any atom is -0.316 e. The van der Waals surface area contributed by atoms with Crippen LogP contribution in [0.25, 0.3) is 16.6 Å². The van der Waals surface area contributed by atoms with Crippen LogP contribution in [0.4, 0.5) is 0 Å². The summed E-state index contributed by atoms with van der Waals surface area (Å²) in [5.41, 5.74) is 1.43. The fourth-order valence-electron chi connectivity index (χ4n) is 3.48. The Labute approximate surface area is 152 Å². The predicted octanol–water partition coefficient (Wildman–Crippen LogP) is 3.17. The highest BCUT2D eigenvalue weighted by Gasteiger charge is 2.26. The van der Waals surface area contributed by atoms with Gasteiger partial charge in [-0.1, -0.05) is 24.6 Å². The van der Waals surface area contributed by atoms with E-state index in [2.05, 4.69) is 0 Å². The van der Waals surface area contributed by atoms with Gasteiger partial charge in [-0.25, -0.2) is 8.42 Å². The molecule has 0 atom stereocenters. The van der Waals surface area contributed by atoms with Gasteiger partial charge in [0.1, 0.15) is 0 Å². The highest BCUT2D eigenvalue weighted by atomic mass is 32.2. The number of hydrogen-bond donors (Lipinski definition) is 0. The van der Waals surface area contributed by atoms with E-state index in [1.165, 1.54) is 6.07 Å². The van der Waals surface area contributed by atoms with E-state index in [9.17, 15) is 13.2 Å². The molecule has 0 saturated carbocycles. The molecule has 4 rings (SSSR count). The number of piperidine rings is 1. The number of sulfonamides is 1. The Morgan fingerprint density at radius 1 is 0.846 bits per heavy atom. The lowest BCUT2D eigenvalue weighted by Gasteiger charge is -2.26. The lowest BCUT2D eigenvalue weighted by Crippen LogP contribution is -2.35. The molecule has 0 radical (unpaired) electrons. The van der Waals surface area contributed by atoms with Gasteiger partial charge >= 0.3 is 0 Å². The zero-order chi connectivity index (χ0) is 18.1. The second kappa shape index (κ2) is 6.70. The maximum atomic E-state index is 13.0. The Morgan fingerprint density at radius 3 is 2.42 bits per heavy atom. The van der Waals surface area contributed by atoms with Gasteiger partial charge in [0.2, 0.25) is 10.0 Å². The zero-order valence-corrected chi connectivity index (χ0v) is 15.2. The summed E-state index contributed by atoms with van der Waals surface area (Å²) in [6.45, 7) is 1.15. The van der Waals surface area contributed by atoms with Gasteiger partial charge in [0, 0.05) is 36.4 Å². The first-order valence-corrected chi connectivity index (χ1v) is 10.2. The van der Waals surface area contributed by atoms with Crippen LogP contribution in [-0.4, -0.2) is 30.4 Å². The molecule has 1 fully saturated rings. The summed E-state index contributed by atoms with van der Waals surface area (Å²) in [6.07, 6.45) is 4.58. The highest BCUT2D eigenvalue weighted by Crippen LogP contribution is 2.24. The van der Waals surface area contributed by atoms with Crippen LogP contribution >= 0.6 is 0 Å². The molecule has 3 aromatic rings. The van der Waals surface area contributed by atoms with E-state index in [0.717, 1.165) is 30.5 Å². The first-order valence-electron chi connectivity index (χ1n) is 8.78. The maximum absolute atomic E-state index is 13.0. The molecule has 6 heteroatoms. The number of benzene rings is 2. The van der Waals surface area contributed by atoms with Crippen LogP contribution in [-0.2, 0) is 10.0 Å². The highest BCUT2D eigenvalue weighted by molar-refractivity contribution is 7.89. The Kier molecular flexibility index (Phi) is 4.38. The van der Waals surface area contributed by atoms with Crippen molar-refractivity contribution in [1.29, 1.82) is 0 Å². The molecule has 0 spiro atoms. The third-order valence-corrected chi connectivity index (χ3v) is 6.75. The van der Waals surface area contributed by atoms with Crippen molar-refractivity contribution in [2.75, 3.05) is 13.1 Å². The molecule has 0 amide bonds. The molecule has 2 aromatic carbocycles. The van der Waals surface area contributed by atoms with Crippen LogP contribution < -0.4 is 5.43 Å². The molecule has 0 aliphatic carbocycles. The number of nitrogens with zero attached hydrogens (tertiary/aromatic N) is 2. The average Bonchev–Trinajstić information content (AvgIpc) is 2.69. The topological polar surface area (TPSA) is 59.4 Å². The smallest absolute Gasteiger partial charge is 0.243 e.